The molecule has 0 saturated carbocycles. The monoisotopic (exact) mass is 279 g/mol. The third-order valence-electron chi connectivity index (χ3n) is 3.43. The molecular formula is C14H21N3O3. The zero-order valence-electron chi connectivity index (χ0n) is 11.8. The highest BCUT2D eigenvalue weighted by molar-refractivity contribution is 5.64. The molecule has 6 heteroatoms. The Morgan fingerprint density at radius 2 is 2.20 bits per heavy atom. The molecule has 1 amide bonds. The minimum atomic E-state index is -0.884. The second kappa shape index (κ2) is 7.09. The van der Waals surface area contributed by atoms with E-state index in [1.54, 1.807) is 7.05 Å². The summed E-state index contributed by atoms with van der Waals surface area (Å²) < 4.78 is 5.32. The van der Waals surface area contributed by atoms with Gasteiger partial charge in [-0.05, 0) is 24.5 Å². The van der Waals surface area contributed by atoms with Crippen LogP contribution in [0, 0.1) is 0 Å². The third-order valence-corrected chi connectivity index (χ3v) is 3.43. The van der Waals surface area contributed by atoms with E-state index in [2.05, 4.69) is 16.0 Å². The molecule has 0 atom stereocenters. The van der Waals surface area contributed by atoms with Crippen LogP contribution in [0.3, 0.4) is 0 Å². The van der Waals surface area contributed by atoms with Gasteiger partial charge in [0, 0.05) is 32.9 Å². The standard InChI is InChI=1S/C14H21N3O3/c1-16(14(18)19)6-2-3-12-4-5-13(15-11-12)17-7-9-20-10-8-17/h4-5,11H,2-3,6-10H2,1H3,(H,18,19). The van der Waals surface area contributed by atoms with Crippen molar-refractivity contribution in [1.29, 1.82) is 0 Å². The maximum atomic E-state index is 10.7. The summed E-state index contributed by atoms with van der Waals surface area (Å²) in [6.07, 6.45) is 2.65. The molecule has 0 aromatic carbocycles. The van der Waals surface area contributed by atoms with Crippen molar-refractivity contribution >= 4 is 11.9 Å². The van der Waals surface area contributed by atoms with Crippen molar-refractivity contribution in [3.8, 4) is 0 Å². The summed E-state index contributed by atoms with van der Waals surface area (Å²) in [6.45, 7) is 3.82. The van der Waals surface area contributed by atoms with Gasteiger partial charge in [0.15, 0.2) is 0 Å². The third kappa shape index (κ3) is 4.09. The average molecular weight is 279 g/mol. The van der Waals surface area contributed by atoms with Crippen molar-refractivity contribution in [3.63, 3.8) is 0 Å². The number of ether oxygens (including phenoxy) is 1. The fourth-order valence-electron chi connectivity index (χ4n) is 2.16. The van der Waals surface area contributed by atoms with E-state index < -0.39 is 6.09 Å². The van der Waals surface area contributed by atoms with Gasteiger partial charge in [-0.15, -0.1) is 0 Å². The van der Waals surface area contributed by atoms with E-state index in [9.17, 15) is 4.79 Å². The minimum Gasteiger partial charge on any atom is -0.465 e. The molecule has 1 N–H and O–H groups in total. The highest BCUT2D eigenvalue weighted by Gasteiger charge is 2.12. The zero-order chi connectivity index (χ0) is 14.4. The molecule has 2 heterocycles. The molecule has 6 nitrogen and oxygen atoms in total. The molecule has 1 aromatic rings. The van der Waals surface area contributed by atoms with E-state index in [4.69, 9.17) is 9.84 Å². The van der Waals surface area contributed by atoms with E-state index in [1.807, 2.05) is 12.3 Å². The van der Waals surface area contributed by atoms with E-state index in [0.29, 0.717) is 6.54 Å². The fourth-order valence-corrected chi connectivity index (χ4v) is 2.16. The second-order valence-electron chi connectivity index (χ2n) is 4.93. The first kappa shape index (κ1) is 14.6. The summed E-state index contributed by atoms with van der Waals surface area (Å²) >= 11 is 0. The molecule has 2 rings (SSSR count). The Morgan fingerprint density at radius 1 is 1.45 bits per heavy atom. The average Bonchev–Trinajstić information content (AvgIpc) is 2.48. The predicted molar refractivity (Wildman–Crippen MR) is 76.2 cm³/mol. The lowest BCUT2D eigenvalue weighted by atomic mass is 10.1. The summed E-state index contributed by atoms with van der Waals surface area (Å²) in [5, 5.41) is 8.76. The quantitative estimate of drug-likeness (QED) is 0.884. The Labute approximate surface area is 119 Å². The van der Waals surface area contributed by atoms with Crippen LogP contribution in [0.25, 0.3) is 0 Å². The predicted octanol–water partition coefficient (Wildman–Crippen LogP) is 1.46. The van der Waals surface area contributed by atoms with Crippen molar-refractivity contribution in [2.45, 2.75) is 12.8 Å². The van der Waals surface area contributed by atoms with Gasteiger partial charge < -0.3 is 19.6 Å². The summed E-state index contributed by atoms with van der Waals surface area (Å²) in [6, 6.07) is 4.10. The summed E-state index contributed by atoms with van der Waals surface area (Å²) in [5.74, 6) is 0.986. The Bertz CT molecular complexity index is 430. The highest BCUT2D eigenvalue weighted by Crippen LogP contribution is 2.13. The summed E-state index contributed by atoms with van der Waals surface area (Å²) in [4.78, 5) is 18.6. The van der Waals surface area contributed by atoms with Crippen molar-refractivity contribution in [1.82, 2.24) is 9.88 Å². The Kier molecular flexibility index (Phi) is 5.17. The number of pyridine rings is 1. The molecule has 1 saturated heterocycles. The van der Waals surface area contributed by atoms with Crippen LogP contribution in [0.2, 0.25) is 0 Å². The molecule has 1 aliphatic heterocycles. The van der Waals surface area contributed by atoms with Crippen LogP contribution in [0.1, 0.15) is 12.0 Å². The van der Waals surface area contributed by atoms with Gasteiger partial charge in [-0.3, -0.25) is 0 Å². The minimum absolute atomic E-state index is 0.542. The lowest BCUT2D eigenvalue weighted by Crippen LogP contribution is -2.36. The maximum Gasteiger partial charge on any atom is 0.407 e. The van der Waals surface area contributed by atoms with Gasteiger partial charge in [-0.1, -0.05) is 6.07 Å². The number of hydrogen-bond acceptors (Lipinski definition) is 4. The fraction of sp³-hybridized carbons (Fsp3) is 0.571. The largest absolute Gasteiger partial charge is 0.465 e. The van der Waals surface area contributed by atoms with E-state index in [0.717, 1.165) is 50.5 Å². The molecule has 1 fully saturated rings. The number of rotatable bonds is 5. The van der Waals surface area contributed by atoms with Crippen LogP contribution < -0.4 is 4.90 Å². The molecule has 0 unspecified atom stereocenters. The van der Waals surface area contributed by atoms with E-state index in [-0.39, 0.29) is 0 Å². The van der Waals surface area contributed by atoms with Crippen LogP contribution in [0.4, 0.5) is 10.6 Å². The van der Waals surface area contributed by atoms with Gasteiger partial charge in [0.25, 0.3) is 0 Å². The molecular weight excluding hydrogens is 258 g/mol. The number of nitrogens with zero attached hydrogens (tertiary/aromatic N) is 3. The second-order valence-corrected chi connectivity index (χ2v) is 4.93. The molecule has 0 spiro atoms. The first-order valence-corrected chi connectivity index (χ1v) is 6.88. The van der Waals surface area contributed by atoms with Crippen LogP contribution in [-0.4, -0.2) is 61.0 Å². The highest BCUT2D eigenvalue weighted by atomic mass is 16.5. The molecule has 20 heavy (non-hydrogen) atoms. The maximum absolute atomic E-state index is 10.7. The number of carboxylic acid groups (broad SMARTS) is 1. The number of anilines is 1. The van der Waals surface area contributed by atoms with Gasteiger partial charge in [-0.25, -0.2) is 9.78 Å². The number of morpholine rings is 1. The summed E-state index contributed by atoms with van der Waals surface area (Å²) in [5.41, 5.74) is 1.14. The number of aromatic nitrogens is 1. The van der Waals surface area contributed by atoms with E-state index >= 15 is 0 Å². The van der Waals surface area contributed by atoms with Crippen LogP contribution in [0.15, 0.2) is 18.3 Å². The normalized spacial score (nSPS) is 15.2. The summed E-state index contributed by atoms with van der Waals surface area (Å²) in [7, 11) is 1.59. The Morgan fingerprint density at radius 3 is 2.80 bits per heavy atom. The smallest absolute Gasteiger partial charge is 0.407 e. The molecule has 110 valence electrons. The van der Waals surface area contributed by atoms with Crippen molar-refractivity contribution in [2.75, 3.05) is 44.8 Å². The number of carbonyl (C=O) groups is 1. The van der Waals surface area contributed by atoms with Gasteiger partial charge in [-0.2, -0.15) is 0 Å². The molecule has 1 aromatic heterocycles. The molecule has 0 aliphatic carbocycles. The molecule has 0 radical (unpaired) electrons. The first-order chi connectivity index (χ1) is 9.66. The van der Waals surface area contributed by atoms with E-state index in [1.165, 1.54) is 4.90 Å². The number of hydrogen-bond donors (Lipinski definition) is 1. The van der Waals surface area contributed by atoms with Gasteiger partial charge in [0.2, 0.25) is 0 Å². The van der Waals surface area contributed by atoms with Crippen LogP contribution >= 0.6 is 0 Å². The van der Waals surface area contributed by atoms with Gasteiger partial charge in [0.05, 0.1) is 13.2 Å². The van der Waals surface area contributed by atoms with Crippen molar-refractivity contribution < 1.29 is 14.6 Å². The number of aryl methyl sites for hydroxylation is 1. The first-order valence-electron chi connectivity index (χ1n) is 6.88. The lowest BCUT2D eigenvalue weighted by Gasteiger charge is -2.27. The Balaban J connectivity index is 1.80. The molecule has 0 bridgehead atoms. The lowest BCUT2D eigenvalue weighted by molar-refractivity contribution is 0.122. The number of amides is 1. The SMILES string of the molecule is CN(CCCc1ccc(N2CCOCC2)nc1)C(=O)O. The molecule has 1 aliphatic rings. The van der Waals surface area contributed by atoms with Crippen LogP contribution in [0.5, 0.6) is 0 Å². The zero-order valence-corrected chi connectivity index (χ0v) is 11.8. The van der Waals surface area contributed by atoms with Crippen molar-refractivity contribution in [3.05, 3.63) is 23.9 Å². The van der Waals surface area contributed by atoms with Crippen molar-refractivity contribution in [2.24, 2.45) is 0 Å². The van der Waals surface area contributed by atoms with Gasteiger partial charge in [0.1, 0.15) is 5.82 Å². The van der Waals surface area contributed by atoms with Gasteiger partial charge >= 0.3 is 6.09 Å². The topological polar surface area (TPSA) is 65.9 Å². The Hall–Kier alpha value is -1.82. The van der Waals surface area contributed by atoms with Crippen LogP contribution in [-0.2, 0) is 11.2 Å².